The molecular formula is C11H19F3N2. The van der Waals surface area contributed by atoms with Crippen molar-refractivity contribution < 1.29 is 13.2 Å². The van der Waals surface area contributed by atoms with Crippen molar-refractivity contribution >= 4 is 0 Å². The van der Waals surface area contributed by atoms with Gasteiger partial charge in [0.15, 0.2) is 0 Å². The topological polar surface area (TPSA) is 38.0 Å². The van der Waals surface area contributed by atoms with Gasteiger partial charge in [0.1, 0.15) is 0 Å². The Bertz CT molecular complexity index is 236. The highest BCUT2D eigenvalue weighted by molar-refractivity contribution is 4.91. The van der Waals surface area contributed by atoms with Crippen LogP contribution in [0, 0.1) is 5.92 Å². The summed E-state index contributed by atoms with van der Waals surface area (Å²) in [4.78, 5) is 0. The molecule has 2 fully saturated rings. The number of alkyl halides is 3. The highest BCUT2D eigenvalue weighted by Gasteiger charge is 2.42. The largest absolute Gasteiger partial charge is 0.391 e. The van der Waals surface area contributed by atoms with Gasteiger partial charge in [-0.2, -0.15) is 13.2 Å². The van der Waals surface area contributed by atoms with Gasteiger partial charge in [-0.1, -0.05) is 6.42 Å². The molecule has 0 aromatic rings. The molecule has 0 aromatic carbocycles. The monoisotopic (exact) mass is 236 g/mol. The third-order valence-electron chi connectivity index (χ3n) is 3.78. The fraction of sp³-hybridized carbons (Fsp3) is 1.00. The summed E-state index contributed by atoms with van der Waals surface area (Å²) in [7, 11) is 0. The maximum atomic E-state index is 12.6. The van der Waals surface area contributed by atoms with Gasteiger partial charge >= 0.3 is 6.18 Å². The summed E-state index contributed by atoms with van der Waals surface area (Å²) >= 11 is 0. The predicted octanol–water partition coefficient (Wildman–Crippen LogP) is 2.19. The normalized spacial score (nSPS) is 40.5. The predicted molar refractivity (Wildman–Crippen MR) is 55.9 cm³/mol. The van der Waals surface area contributed by atoms with E-state index >= 15 is 0 Å². The van der Waals surface area contributed by atoms with Gasteiger partial charge in [0, 0.05) is 18.1 Å². The van der Waals surface area contributed by atoms with E-state index < -0.39 is 12.1 Å². The van der Waals surface area contributed by atoms with Gasteiger partial charge in [0.2, 0.25) is 0 Å². The zero-order chi connectivity index (χ0) is 11.8. The van der Waals surface area contributed by atoms with Crippen molar-refractivity contribution in [2.75, 3.05) is 0 Å². The van der Waals surface area contributed by atoms with Crippen LogP contribution in [0.15, 0.2) is 0 Å². The van der Waals surface area contributed by atoms with E-state index in [9.17, 15) is 13.2 Å². The van der Waals surface area contributed by atoms with E-state index in [4.69, 9.17) is 5.73 Å². The molecular weight excluding hydrogens is 217 g/mol. The van der Waals surface area contributed by atoms with E-state index in [1.807, 2.05) is 0 Å². The molecule has 2 nitrogen and oxygen atoms in total. The molecule has 2 saturated carbocycles. The zero-order valence-corrected chi connectivity index (χ0v) is 9.26. The Morgan fingerprint density at radius 3 is 2.25 bits per heavy atom. The lowest BCUT2D eigenvalue weighted by Crippen LogP contribution is -2.53. The first-order valence-electron chi connectivity index (χ1n) is 6.03. The Morgan fingerprint density at radius 2 is 1.69 bits per heavy atom. The van der Waals surface area contributed by atoms with Gasteiger partial charge in [0.25, 0.3) is 0 Å². The second-order valence-corrected chi connectivity index (χ2v) is 5.20. The van der Waals surface area contributed by atoms with Gasteiger partial charge < -0.3 is 11.1 Å². The number of nitrogens with two attached hydrogens (primary N) is 1. The first-order valence-corrected chi connectivity index (χ1v) is 6.03. The number of nitrogens with one attached hydrogen (secondary N) is 1. The minimum Gasteiger partial charge on any atom is -0.328 e. The summed E-state index contributed by atoms with van der Waals surface area (Å²) in [5, 5.41) is 3.31. The molecule has 3 N–H and O–H groups in total. The van der Waals surface area contributed by atoms with Crippen molar-refractivity contribution in [2.45, 2.75) is 62.8 Å². The third-order valence-corrected chi connectivity index (χ3v) is 3.78. The quantitative estimate of drug-likeness (QED) is 0.771. The van der Waals surface area contributed by atoms with E-state index in [1.54, 1.807) is 0 Å². The van der Waals surface area contributed by atoms with Crippen LogP contribution in [0.25, 0.3) is 0 Å². The van der Waals surface area contributed by atoms with Crippen LogP contribution in [0.3, 0.4) is 0 Å². The third kappa shape index (κ3) is 2.88. The van der Waals surface area contributed by atoms with Crippen molar-refractivity contribution in [3.05, 3.63) is 0 Å². The Balaban J connectivity index is 1.78. The average molecular weight is 236 g/mol. The van der Waals surface area contributed by atoms with Crippen LogP contribution in [0.2, 0.25) is 0 Å². The smallest absolute Gasteiger partial charge is 0.328 e. The van der Waals surface area contributed by atoms with Crippen LogP contribution < -0.4 is 11.1 Å². The lowest BCUT2D eigenvalue weighted by molar-refractivity contribution is -0.184. The molecule has 94 valence electrons. The van der Waals surface area contributed by atoms with E-state index in [0.29, 0.717) is 18.9 Å². The number of hydrogen-bond donors (Lipinski definition) is 2. The number of hydrogen-bond acceptors (Lipinski definition) is 2. The molecule has 2 atom stereocenters. The van der Waals surface area contributed by atoms with Crippen molar-refractivity contribution in [1.82, 2.24) is 5.32 Å². The molecule has 0 spiro atoms. The Kier molecular flexibility index (Phi) is 3.45. The summed E-state index contributed by atoms with van der Waals surface area (Å²) in [5.41, 5.74) is 5.65. The van der Waals surface area contributed by atoms with E-state index in [2.05, 4.69) is 5.32 Å². The van der Waals surface area contributed by atoms with Crippen LogP contribution >= 0.6 is 0 Å². The molecule has 2 aliphatic rings. The summed E-state index contributed by atoms with van der Waals surface area (Å²) in [6.07, 6.45) is -0.100. The molecule has 0 heterocycles. The van der Waals surface area contributed by atoms with Crippen LogP contribution in [-0.4, -0.2) is 24.3 Å². The van der Waals surface area contributed by atoms with Crippen LogP contribution in [0.1, 0.15) is 38.5 Å². The summed E-state index contributed by atoms with van der Waals surface area (Å²) < 4.78 is 37.7. The highest BCUT2D eigenvalue weighted by atomic mass is 19.4. The number of halogens is 3. The van der Waals surface area contributed by atoms with Crippen LogP contribution in [0.5, 0.6) is 0 Å². The molecule has 2 unspecified atom stereocenters. The SMILES string of the molecule is NC1CC(NC2CCCC(C(F)(F)F)C2)C1. The minimum absolute atomic E-state index is 0.0397. The Labute approximate surface area is 93.8 Å². The first-order chi connectivity index (χ1) is 7.45. The Hall–Kier alpha value is -0.290. The van der Waals surface area contributed by atoms with Crippen LogP contribution in [-0.2, 0) is 0 Å². The van der Waals surface area contributed by atoms with Crippen molar-refractivity contribution in [3.8, 4) is 0 Å². The standard InChI is InChI=1S/C11H19F3N2/c12-11(13,14)7-2-1-3-9(4-7)16-10-5-8(15)6-10/h7-10,16H,1-6,15H2. The van der Waals surface area contributed by atoms with E-state index in [0.717, 1.165) is 19.3 Å². The second-order valence-electron chi connectivity index (χ2n) is 5.20. The molecule has 16 heavy (non-hydrogen) atoms. The van der Waals surface area contributed by atoms with Crippen molar-refractivity contribution in [2.24, 2.45) is 11.7 Å². The average Bonchev–Trinajstić information content (AvgIpc) is 2.14. The molecule has 0 radical (unpaired) electrons. The molecule has 2 rings (SSSR count). The van der Waals surface area contributed by atoms with Gasteiger partial charge in [-0.25, -0.2) is 0 Å². The second kappa shape index (κ2) is 4.53. The first kappa shape index (κ1) is 12.2. The Morgan fingerprint density at radius 1 is 1.00 bits per heavy atom. The fourth-order valence-corrected chi connectivity index (χ4v) is 2.77. The van der Waals surface area contributed by atoms with Gasteiger partial charge in [-0.15, -0.1) is 0 Å². The van der Waals surface area contributed by atoms with Crippen molar-refractivity contribution in [3.63, 3.8) is 0 Å². The van der Waals surface area contributed by atoms with Gasteiger partial charge in [-0.05, 0) is 32.1 Å². The summed E-state index contributed by atoms with van der Waals surface area (Å²) in [6, 6.07) is 0.643. The van der Waals surface area contributed by atoms with Crippen molar-refractivity contribution in [1.29, 1.82) is 0 Å². The van der Waals surface area contributed by atoms with Gasteiger partial charge in [-0.3, -0.25) is 0 Å². The van der Waals surface area contributed by atoms with E-state index in [-0.39, 0.29) is 18.5 Å². The summed E-state index contributed by atoms with van der Waals surface area (Å²) in [6.45, 7) is 0. The minimum atomic E-state index is -4.02. The van der Waals surface area contributed by atoms with Gasteiger partial charge in [0.05, 0.1) is 5.92 Å². The molecule has 0 aliphatic heterocycles. The maximum Gasteiger partial charge on any atom is 0.391 e. The number of rotatable bonds is 2. The summed E-state index contributed by atoms with van der Waals surface area (Å²) in [5.74, 6) is -1.10. The molecule has 0 amide bonds. The zero-order valence-electron chi connectivity index (χ0n) is 9.26. The maximum absolute atomic E-state index is 12.6. The molecule has 0 aromatic heterocycles. The van der Waals surface area contributed by atoms with E-state index in [1.165, 1.54) is 0 Å². The molecule has 0 saturated heterocycles. The molecule has 5 heteroatoms. The lowest BCUT2D eigenvalue weighted by Gasteiger charge is -2.39. The molecule has 2 aliphatic carbocycles. The molecule has 0 bridgehead atoms. The lowest BCUT2D eigenvalue weighted by atomic mass is 9.82. The van der Waals surface area contributed by atoms with Crippen LogP contribution in [0.4, 0.5) is 13.2 Å². The fourth-order valence-electron chi connectivity index (χ4n) is 2.77. The highest BCUT2D eigenvalue weighted by Crippen LogP contribution is 2.38.